The fraction of sp³-hybridized carbons (Fsp3) is 0.407. The first-order valence-electron chi connectivity index (χ1n) is 12.5. The van der Waals surface area contributed by atoms with Crippen molar-refractivity contribution < 1.29 is 9.53 Å². The van der Waals surface area contributed by atoms with Crippen molar-refractivity contribution in [3.63, 3.8) is 0 Å². The lowest BCUT2D eigenvalue weighted by molar-refractivity contribution is -0.121. The molecule has 1 amide bonds. The van der Waals surface area contributed by atoms with Crippen LogP contribution in [0.1, 0.15) is 37.4 Å². The van der Waals surface area contributed by atoms with Gasteiger partial charge in [-0.15, -0.1) is 0 Å². The van der Waals surface area contributed by atoms with Crippen LogP contribution in [0, 0.1) is 5.92 Å². The minimum absolute atomic E-state index is 0.0561. The van der Waals surface area contributed by atoms with Crippen LogP contribution in [0.4, 0.5) is 5.82 Å². The van der Waals surface area contributed by atoms with Crippen molar-refractivity contribution in [1.82, 2.24) is 14.9 Å². The Hall–Kier alpha value is -4.08. The maximum absolute atomic E-state index is 13.4. The summed E-state index contributed by atoms with van der Waals surface area (Å²) in [5.41, 5.74) is 13.0. The number of hydrogen-bond acceptors (Lipinski definition) is 6. The van der Waals surface area contributed by atoms with E-state index in [1.807, 2.05) is 42.5 Å². The molecule has 1 aromatic carbocycles. The zero-order valence-corrected chi connectivity index (χ0v) is 21.6. The first kappa shape index (κ1) is 27.5. The number of allylic oxidation sites excluding steroid dienone is 4. The standard InChI is InChI=1S/C27H37N7O3/c1-19-16-21(10-11-23(19)37-2)22-17-33-25(31-15-12-20-8-4-3-5-9-20)26(36)34(22)18-24(35)30-13-6-7-14-32-27(28)29/h3-5,8-11,17,19H,6-7,12-16,18H2,1-2H3,(H,30,35)(H,31,33)(H4,28,29,32). The molecule has 0 fully saturated rings. The molecule has 10 nitrogen and oxygen atoms in total. The molecule has 0 aliphatic heterocycles. The molecule has 1 heterocycles. The maximum atomic E-state index is 13.4. The molecule has 3 rings (SSSR count). The van der Waals surface area contributed by atoms with E-state index in [2.05, 4.69) is 27.5 Å². The fourth-order valence-corrected chi connectivity index (χ4v) is 4.17. The summed E-state index contributed by atoms with van der Waals surface area (Å²) in [4.78, 5) is 34.6. The van der Waals surface area contributed by atoms with Crippen molar-refractivity contribution >= 4 is 23.3 Å². The number of carbonyl (C=O) groups is 1. The molecule has 6 N–H and O–H groups in total. The number of anilines is 1. The van der Waals surface area contributed by atoms with Crippen LogP contribution in [-0.4, -0.2) is 48.2 Å². The Morgan fingerprint density at radius 1 is 1.19 bits per heavy atom. The predicted octanol–water partition coefficient (Wildman–Crippen LogP) is 2.02. The minimum Gasteiger partial charge on any atom is -0.501 e. The van der Waals surface area contributed by atoms with E-state index in [-0.39, 0.29) is 35.7 Å². The lowest BCUT2D eigenvalue weighted by atomic mass is 9.92. The number of unbranched alkanes of at least 4 members (excludes halogenated alkanes) is 1. The van der Waals surface area contributed by atoms with Gasteiger partial charge < -0.3 is 26.8 Å². The molecule has 0 saturated heterocycles. The molecule has 0 saturated carbocycles. The van der Waals surface area contributed by atoms with Crippen LogP contribution in [0.25, 0.3) is 5.57 Å². The number of ether oxygens (including phenoxy) is 1. The third-order valence-corrected chi connectivity index (χ3v) is 6.13. The van der Waals surface area contributed by atoms with Crippen LogP contribution < -0.4 is 27.7 Å². The first-order chi connectivity index (χ1) is 17.9. The number of aromatic nitrogens is 2. The molecule has 10 heteroatoms. The number of amides is 1. The van der Waals surface area contributed by atoms with Crippen LogP contribution in [0.15, 0.2) is 64.2 Å². The normalized spacial score (nSPS) is 14.8. The van der Waals surface area contributed by atoms with Gasteiger partial charge in [-0.05, 0) is 42.9 Å². The van der Waals surface area contributed by atoms with Gasteiger partial charge in [-0.1, -0.05) is 43.3 Å². The molecule has 198 valence electrons. The molecule has 0 radical (unpaired) electrons. The van der Waals surface area contributed by atoms with Gasteiger partial charge in [0.2, 0.25) is 5.91 Å². The second-order valence-electron chi connectivity index (χ2n) is 8.98. The van der Waals surface area contributed by atoms with Gasteiger partial charge in [0.05, 0.1) is 24.8 Å². The van der Waals surface area contributed by atoms with Crippen LogP contribution in [0.2, 0.25) is 0 Å². The van der Waals surface area contributed by atoms with Crippen molar-refractivity contribution in [2.75, 3.05) is 32.1 Å². The average molecular weight is 508 g/mol. The zero-order chi connectivity index (χ0) is 26.6. The Balaban J connectivity index is 1.75. The highest BCUT2D eigenvalue weighted by Crippen LogP contribution is 2.30. The van der Waals surface area contributed by atoms with Crippen LogP contribution in [-0.2, 0) is 22.5 Å². The molecule has 1 aliphatic carbocycles. The molecule has 1 atom stereocenters. The van der Waals surface area contributed by atoms with Crippen molar-refractivity contribution in [3.8, 4) is 0 Å². The fourth-order valence-electron chi connectivity index (χ4n) is 4.17. The number of aliphatic imine (C=N–C) groups is 1. The number of hydrogen-bond donors (Lipinski definition) is 4. The van der Waals surface area contributed by atoms with Crippen molar-refractivity contribution in [1.29, 1.82) is 0 Å². The van der Waals surface area contributed by atoms with E-state index in [0.717, 1.165) is 36.2 Å². The Labute approximate surface area is 217 Å². The summed E-state index contributed by atoms with van der Waals surface area (Å²) >= 11 is 0. The Morgan fingerprint density at radius 3 is 2.68 bits per heavy atom. The third-order valence-electron chi connectivity index (χ3n) is 6.13. The van der Waals surface area contributed by atoms with Crippen LogP contribution in [0.3, 0.4) is 0 Å². The van der Waals surface area contributed by atoms with Gasteiger partial charge in [-0.2, -0.15) is 0 Å². The first-order valence-corrected chi connectivity index (χ1v) is 12.5. The average Bonchev–Trinajstić information content (AvgIpc) is 2.88. The van der Waals surface area contributed by atoms with Crippen LogP contribution >= 0.6 is 0 Å². The van der Waals surface area contributed by atoms with Gasteiger partial charge in [0, 0.05) is 25.6 Å². The topological polar surface area (TPSA) is 150 Å². The van der Waals surface area contributed by atoms with E-state index in [9.17, 15) is 9.59 Å². The zero-order valence-electron chi connectivity index (χ0n) is 21.6. The molecule has 0 spiro atoms. The Kier molecular flexibility index (Phi) is 10.3. The molecule has 1 unspecified atom stereocenters. The van der Waals surface area contributed by atoms with E-state index in [0.29, 0.717) is 31.7 Å². The Morgan fingerprint density at radius 2 is 1.97 bits per heavy atom. The van der Waals surface area contributed by atoms with Gasteiger partial charge >= 0.3 is 0 Å². The van der Waals surface area contributed by atoms with E-state index >= 15 is 0 Å². The summed E-state index contributed by atoms with van der Waals surface area (Å²) in [6, 6.07) is 10.0. The highest BCUT2D eigenvalue weighted by Gasteiger charge is 2.21. The molecule has 1 aromatic heterocycles. The third kappa shape index (κ3) is 8.23. The number of methoxy groups -OCH3 is 1. The molecular formula is C27H37N7O3. The number of nitrogens with zero attached hydrogens (tertiary/aromatic N) is 3. The van der Waals surface area contributed by atoms with E-state index in [1.165, 1.54) is 4.57 Å². The lowest BCUT2D eigenvalue weighted by Gasteiger charge is -2.23. The quantitative estimate of drug-likeness (QED) is 0.184. The summed E-state index contributed by atoms with van der Waals surface area (Å²) in [6.45, 7) is 3.48. The maximum Gasteiger partial charge on any atom is 0.294 e. The van der Waals surface area contributed by atoms with Gasteiger partial charge in [-0.3, -0.25) is 19.1 Å². The number of nitrogens with one attached hydrogen (secondary N) is 2. The van der Waals surface area contributed by atoms with E-state index < -0.39 is 0 Å². The van der Waals surface area contributed by atoms with Gasteiger partial charge in [0.15, 0.2) is 11.8 Å². The van der Waals surface area contributed by atoms with Crippen LogP contribution in [0.5, 0.6) is 0 Å². The largest absolute Gasteiger partial charge is 0.501 e. The second-order valence-corrected chi connectivity index (χ2v) is 8.98. The van der Waals surface area contributed by atoms with Crippen molar-refractivity contribution in [2.24, 2.45) is 22.4 Å². The summed E-state index contributed by atoms with van der Waals surface area (Å²) in [5, 5.41) is 6.03. The number of carbonyl (C=O) groups excluding carboxylic acids is 1. The molecule has 2 aromatic rings. The predicted molar refractivity (Wildman–Crippen MR) is 147 cm³/mol. The highest BCUT2D eigenvalue weighted by atomic mass is 16.5. The summed E-state index contributed by atoms with van der Waals surface area (Å²) < 4.78 is 6.92. The number of guanidine groups is 1. The molecule has 37 heavy (non-hydrogen) atoms. The summed E-state index contributed by atoms with van der Waals surface area (Å²) in [6.07, 6.45) is 8.38. The van der Waals surface area contributed by atoms with Crippen molar-refractivity contribution in [3.05, 3.63) is 76.1 Å². The summed E-state index contributed by atoms with van der Waals surface area (Å²) in [5.74, 6) is 1.06. The van der Waals surface area contributed by atoms with Gasteiger partial charge in [-0.25, -0.2) is 4.98 Å². The number of nitrogens with two attached hydrogens (primary N) is 2. The van der Waals surface area contributed by atoms with Gasteiger partial charge in [0.1, 0.15) is 6.54 Å². The number of rotatable bonds is 13. The molecular weight excluding hydrogens is 470 g/mol. The van der Waals surface area contributed by atoms with E-state index in [1.54, 1.807) is 13.3 Å². The second kappa shape index (κ2) is 13.9. The molecule has 1 aliphatic rings. The molecule has 0 bridgehead atoms. The van der Waals surface area contributed by atoms with Gasteiger partial charge in [0.25, 0.3) is 5.56 Å². The van der Waals surface area contributed by atoms with Crippen molar-refractivity contribution in [2.45, 2.75) is 39.2 Å². The smallest absolute Gasteiger partial charge is 0.294 e. The highest BCUT2D eigenvalue weighted by molar-refractivity contribution is 5.77. The number of benzene rings is 1. The monoisotopic (exact) mass is 507 g/mol. The van der Waals surface area contributed by atoms with E-state index in [4.69, 9.17) is 16.2 Å². The summed E-state index contributed by atoms with van der Waals surface area (Å²) in [7, 11) is 1.65. The lowest BCUT2D eigenvalue weighted by Crippen LogP contribution is -2.36. The SMILES string of the molecule is COC1=CC=C(c2cnc(NCCc3ccccc3)c(=O)n2CC(=O)NCCCCN=C(N)N)CC1C. The minimum atomic E-state index is -0.330. The Bertz CT molecular complexity index is 1200.